The van der Waals surface area contributed by atoms with Gasteiger partial charge in [0, 0.05) is 32.2 Å². The Morgan fingerprint density at radius 3 is 2.64 bits per heavy atom. The van der Waals surface area contributed by atoms with Crippen molar-refractivity contribution in [2.45, 2.75) is 13.2 Å². The second-order valence-corrected chi connectivity index (χ2v) is 6.21. The smallest absolute Gasteiger partial charge is 0.225 e. The average Bonchev–Trinajstić information content (AvgIpc) is 2.63. The number of nitrogens with zero attached hydrogens (tertiary/aromatic N) is 2. The van der Waals surface area contributed by atoms with Gasteiger partial charge in [0.25, 0.3) is 0 Å². The summed E-state index contributed by atoms with van der Waals surface area (Å²) >= 11 is 0. The van der Waals surface area contributed by atoms with Crippen LogP contribution < -0.4 is 10.1 Å². The predicted octanol–water partition coefficient (Wildman–Crippen LogP) is 2.32. The predicted molar refractivity (Wildman–Crippen MR) is 94.8 cm³/mol. The van der Waals surface area contributed by atoms with E-state index < -0.39 is 0 Å². The van der Waals surface area contributed by atoms with E-state index in [4.69, 9.17) is 10.00 Å². The molecule has 2 aromatic carbocycles. The van der Waals surface area contributed by atoms with Gasteiger partial charge in [0.1, 0.15) is 12.4 Å². The third-order valence-electron chi connectivity index (χ3n) is 4.44. The summed E-state index contributed by atoms with van der Waals surface area (Å²) in [6.45, 7) is 2.83. The number of nitriles is 1. The zero-order valence-electron chi connectivity index (χ0n) is 14.2. The van der Waals surface area contributed by atoms with E-state index >= 15 is 0 Å². The number of ether oxygens (including phenoxy) is 1. The van der Waals surface area contributed by atoms with Gasteiger partial charge in [0.15, 0.2) is 0 Å². The lowest BCUT2D eigenvalue weighted by Gasteiger charge is -2.38. The fraction of sp³-hybridized carbons (Fsp3) is 0.300. The molecule has 1 heterocycles. The van der Waals surface area contributed by atoms with E-state index in [0.29, 0.717) is 12.2 Å². The van der Waals surface area contributed by atoms with Gasteiger partial charge in [-0.25, -0.2) is 0 Å². The molecule has 128 valence electrons. The molecule has 0 bridgehead atoms. The lowest BCUT2D eigenvalue weighted by molar-refractivity contribution is -0.129. The summed E-state index contributed by atoms with van der Waals surface area (Å²) < 4.78 is 5.78. The lowest BCUT2D eigenvalue weighted by Crippen LogP contribution is -2.52. The van der Waals surface area contributed by atoms with Gasteiger partial charge in [0.05, 0.1) is 17.6 Å². The van der Waals surface area contributed by atoms with Crippen LogP contribution in [0, 0.1) is 17.2 Å². The molecule has 3 rings (SSSR count). The molecule has 1 fully saturated rings. The van der Waals surface area contributed by atoms with Crippen LogP contribution in [-0.2, 0) is 17.9 Å². The molecule has 0 saturated carbocycles. The maximum absolute atomic E-state index is 11.5. The van der Waals surface area contributed by atoms with Crippen molar-refractivity contribution in [3.8, 4) is 11.8 Å². The van der Waals surface area contributed by atoms with E-state index in [1.54, 1.807) is 13.1 Å². The van der Waals surface area contributed by atoms with Crippen LogP contribution in [0.4, 0.5) is 0 Å². The van der Waals surface area contributed by atoms with E-state index in [9.17, 15) is 4.79 Å². The second-order valence-electron chi connectivity index (χ2n) is 6.21. The molecule has 1 aliphatic rings. The van der Waals surface area contributed by atoms with E-state index in [0.717, 1.165) is 30.9 Å². The number of rotatable bonds is 6. The van der Waals surface area contributed by atoms with Crippen molar-refractivity contribution >= 4 is 5.91 Å². The van der Waals surface area contributed by atoms with Gasteiger partial charge < -0.3 is 10.1 Å². The minimum absolute atomic E-state index is 0.118. The first-order valence-corrected chi connectivity index (χ1v) is 8.33. The molecular weight excluding hydrogens is 314 g/mol. The van der Waals surface area contributed by atoms with Crippen molar-refractivity contribution in [3.05, 3.63) is 65.2 Å². The van der Waals surface area contributed by atoms with Crippen molar-refractivity contribution in [1.82, 2.24) is 10.2 Å². The first-order valence-electron chi connectivity index (χ1n) is 8.33. The highest BCUT2D eigenvalue weighted by Gasteiger charge is 2.31. The van der Waals surface area contributed by atoms with Crippen LogP contribution in [-0.4, -0.2) is 30.9 Å². The summed E-state index contributed by atoms with van der Waals surface area (Å²) in [4.78, 5) is 13.7. The SMILES string of the molecule is CNC(=O)C1CN(Cc2ccc(OCc3ccccc3C#N)cc2)C1. The molecule has 0 radical (unpaired) electrons. The number of hydrogen-bond acceptors (Lipinski definition) is 4. The van der Waals surface area contributed by atoms with Crippen molar-refractivity contribution in [3.63, 3.8) is 0 Å². The molecule has 0 aliphatic carbocycles. The van der Waals surface area contributed by atoms with E-state index in [2.05, 4.69) is 16.3 Å². The monoisotopic (exact) mass is 335 g/mol. The fourth-order valence-electron chi connectivity index (χ4n) is 2.93. The quantitative estimate of drug-likeness (QED) is 0.880. The molecule has 1 saturated heterocycles. The molecule has 0 atom stereocenters. The maximum Gasteiger partial charge on any atom is 0.225 e. The average molecular weight is 335 g/mol. The first kappa shape index (κ1) is 17.0. The van der Waals surface area contributed by atoms with Crippen LogP contribution in [0.25, 0.3) is 0 Å². The van der Waals surface area contributed by atoms with E-state index in [1.807, 2.05) is 42.5 Å². The number of benzene rings is 2. The number of hydrogen-bond donors (Lipinski definition) is 1. The topological polar surface area (TPSA) is 65.4 Å². The Kier molecular flexibility index (Phi) is 5.32. The Bertz CT molecular complexity index is 774. The third kappa shape index (κ3) is 4.17. The van der Waals surface area contributed by atoms with Gasteiger partial charge in [-0.3, -0.25) is 9.69 Å². The Hall–Kier alpha value is -2.84. The highest BCUT2D eigenvalue weighted by atomic mass is 16.5. The molecule has 0 spiro atoms. The van der Waals surface area contributed by atoms with Crippen molar-refractivity contribution in [2.75, 3.05) is 20.1 Å². The Morgan fingerprint density at radius 1 is 1.24 bits per heavy atom. The maximum atomic E-state index is 11.5. The van der Waals surface area contributed by atoms with Crippen LogP contribution in [0.1, 0.15) is 16.7 Å². The summed E-state index contributed by atoms with van der Waals surface area (Å²) in [5.74, 6) is 1.02. The van der Waals surface area contributed by atoms with Gasteiger partial charge in [0.2, 0.25) is 5.91 Å². The molecule has 0 aromatic heterocycles. The molecule has 1 N–H and O–H groups in total. The standard InChI is InChI=1S/C20H21N3O2/c1-22-20(24)18-12-23(13-18)11-15-6-8-19(9-7-15)25-14-17-5-3-2-4-16(17)10-21/h2-9,18H,11-14H2,1H3,(H,22,24). The summed E-state index contributed by atoms with van der Waals surface area (Å²) in [5.41, 5.74) is 2.72. The Balaban J connectivity index is 1.50. The first-order chi connectivity index (χ1) is 12.2. The molecular formula is C20H21N3O2. The van der Waals surface area contributed by atoms with E-state index in [1.165, 1.54) is 5.56 Å². The molecule has 1 aliphatic heterocycles. The highest BCUT2D eigenvalue weighted by Crippen LogP contribution is 2.21. The minimum Gasteiger partial charge on any atom is -0.489 e. The van der Waals surface area contributed by atoms with Crippen LogP contribution in [0.15, 0.2) is 48.5 Å². The number of likely N-dealkylation sites (tertiary alicyclic amines) is 1. The molecule has 5 heteroatoms. The lowest BCUT2D eigenvalue weighted by atomic mass is 9.98. The highest BCUT2D eigenvalue weighted by molar-refractivity contribution is 5.79. The molecule has 2 aromatic rings. The van der Waals surface area contributed by atoms with Crippen molar-refractivity contribution < 1.29 is 9.53 Å². The normalized spacial score (nSPS) is 14.4. The zero-order chi connectivity index (χ0) is 17.6. The molecule has 25 heavy (non-hydrogen) atoms. The largest absolute Gasteiger partial charge is 0.489 e. The van der Waals surface area contributed by atoms with Crippen LogP contribution in [0.5, 0.6) is 5.75 Å². The zero-order valence-corrected chi connectivity index (χ0v) is 14.2. The summed E-state index contributed by atoms with van der Waals surface area (Å²) in [6.07, 6.45) is 0. The number of amides is 1. The van der Waals surface area contributed by atoms with Gasteiger partial charge >= 0.3 is 0 Å². The summed E-state index contributed by atoms with van der Waals surface area (Å²) in [6, 6.07) is 17.6. The summed E-state index contributed by atoms with van der Waals surface area (Å²) in [5, 5.41) is 11.8. The van der Waals surface area contributed by atoms with Crippen molar-refractivity contribution in [2.24, 2.45) is 5.92 Å². The molecule has 0 unspecified atom stereocenters. The van der Waals surface area contributed by atoms with Crippen LogP contribution in [0.2, 0.25) is 0 Å². The number of carbonyl (C=O) groups excluding carboxylic acids is 1. The number of nitrogens with one attached hydrogen (secondary N) is 1. The van der Waals surface area contributed by atoms with Gasteiger partial charge in [-0.1, -0.05) is 30.3 Å². The van der Waals surface area contributed by atoms with E-state index in [-0.39, 0.29) is 11.8 Å². The van der Waals surface area contributed by atoms with Crippen molar-refractivity contribution in [1.29, 1.82) is 5.26 Å². The minimum atomic E-state index is 0.118. The third-order valence-corrected chi connectivity index (χ3v) is 4.44. The molecule has 1 amide bonds. The Morgan fingerprint density at radius 2 is 1.96 bits per heavy atom. The molecule has 5 nitrogen and oxygen atoms in total. The van der Waals surface area contributed by atoms with Gasteiger partial charge in [-0.05, 0) is 23.8 Å². The summed E-state index contributed by atoms with van der Waals surface area (Å²) in [7, 11) is 1.68. The van der Waals surface area contributed by atoms with Gasteiger partial charge in [-0.2, -0.15) is 5.26 Å². The van der Waals surface area contributed by atoms with Gasteiger partial charge in [-0.15, -0.1) is 0 Å². The van der Waals surface area contributed by atoms with Crippen LogP contribution >= 0.6 is 0 Å². The fourth-order valence-corrected chi connectivity index (χ4v) is 2.93. The number of carbonyl (C=O) groups is 1. The van der Waals surface area contributed by atoms with Crippen LogP contribution in [0.3, 0.4) is 0 Å². The Labute approximate surface area is 147 Å². The second kappa shape index (κ2) is 7.82.